The van der Waals surface area contributed by atoms with E-state index in [1.54, 1.807) is 6.07 Å². The van der Waals surface area contributed by atoms with Crippen LogP contribution in [0.5, 0.6) is 5.75 Å². The molecule has 3 nitrogen and oxygen atoms in total. The fourth-order valence-electron chi connectivity index (χ4n) is 1.99. The predicted molar refractivity (Wildman–Crippen MR) is 61.4 cm³/mol. The molecule has 1 saturated heterocycles. The molecule has 0 aliphatic carbocycles. The van der Waals surface area contributed by atoms with Crippen LogP contribution in [-0.4, -0.2) is 23.9 Å². The molecule has 0 spiro atoms. The van der Waals surface area contributed by atoms with Crippen molar-refractivity contribution in [2.24, 2.45) is 0 Å². The van der Waals surface area contributed by atoms with Crippen LogP contribution >= 0.6 is 0 Å². The summed E-state index contributed by atoms with van der Waals surface area (Å²) in [6.07, 6.45) is 2.39. The van der Waals surface area contributed by atoms with Gasteiger partial charge in [-0.05, 0) is 37.5 Å². The van der Waals surface area contributed by atoms with E-state index >= 15 is 0 Å². The molecule has 1 aromatic rings. The van der Waals surface area contributed by atoms with E-state index in [0.29, 0.717) is 17.9 Å². The summed E-state index contributed by atoms with van der Waals surface area (Å²) >= 11 is 0. The average molecular weight is 240 g/mol. The maximum Gasteiger partial charge on any atom is 0.127 e. The lowest BCUT2D eigenvalue weighted by Gasteiger charge is -2.13. The lowest BCUT2D eigenvalue weighted by atomic mass is 10.2. The Hall–Kier alpha value is -1.13. The first-order valence-corrected chi connectivity index (χ1v) is 5.86. The van der Waals surface area contributed by atoms with Crippen LogP contribution in [0.2, 0.25) is 0 Å². The van der Waals surface area contributed by atoms with E-state index in [4.69, 9.17) is 14.6 Å². The van der Waals surface area contributed by atoms with Gasteiger partial charge < -0.3 is 14.6 Å². The first-order chi connectivity index (χ1) is 8.17. The highest BCUT2D eigenvalue weighted by molar-refractivity contribution is 5.29. The number of hydrogen-bond donors (Lipinski definition) is 1. The first kappa shape index (κ1) is 12.3. The summed E-state index contributed by atoms with van der Waals surface area (Å²) in [6.45, 7) is 2.27. The van der Waals surface area contributed by atoms with Gasteiger partial charge in [0.05, 0.1) is 18.8 Å². The first-order valence-electron chi connectivity index (χ1n) is 5.86. The lowest BCUT2D eigenvalue weighted by Crippen LogP contribution is -2.18. The number of aliphatic hydroxyl groups excluding tert-OH is 1. The Balaban J connectivity index is 1.92. The molecule has 1 aliphatic rings. The minimum atomic E-state index is -0.396. The van der Waals surface area contributed by atoms with Gasteiger partial charge in [-0.15, -0.1) is 0 Å². The Morgan fingerprint density at radius 3 is 2.88 bits per heavy atom. The zero-order valence-corrected chi connectivity index (χ0v) is 9.86. The van der Waals surface area contributed by atoms with Crippen LogP contribution in [0, 0.1) is 5.82 Å². The normalized spacial score (nSPS) is 23.9. The molecule has 1 aliphatic heterocycles. The molecule has 94 valence electrons. The molecule has 4 heteroatoms. The zero-order valence-electron chi connectivity index (χ0n) is 9.86. The van der Waals surface area contributed by atoms with E-state index in [1.807, 2.05) is 6.92 Å². The van der Waals surface area contributed by atoms with Gasteiger partial charge in [0.2, 0.25) is 0 Å². The van der Waals surface area contributed by atoms with E-state index in [9.17, 15) is 4.39 Å². The molecule has 1 heterocycles. The van der Waals surface area contributed by atoms with Crippen LogP contribution in [0.1, 0.15) is 25.3 Å². The zero-order chi connectivity index (χ0) is 12.3. The molecule has 0 amide bonds. The molecule has 0 bridgehead atoms. The van der Waals surface area contributed by atoms with E-state index in [2.05, 4.69) is 0 Å². The van der Waals surface area contributed by atoms with Crippen molar-refractivity contribution in [1.82, 2.24) is 0 Å². The molecule has 2 rings (SSSR count). The summed E-state index contributed by atoms with van der Waals surface area (Å²) < 4.78 is 24.2. The van der Waals surface area contributed by atoms with Gasteiger partial charge in [-0.2, -0.15) is 0 Å². The number of ether oxygens (including phenoxy) is 2. The van der Waals surface area contributed by atoms with Crippen LogP contribution in [0.3, 0.4) is 0 Å². The van der Waals surface area contributed by atoms with Crippen molar-refractivity contribution in [3.63, 3.8) is 0 Å². The summed E-state index contributed by atoms with van der Waals surface area (Å²) in [5.41, 5.74) is 0.515. The van der Waals surface area contributed by atoms with E-state index in [-0.39, 0.29) is 18.8 Å². The molecule has 2 atom stereocenters. The fraction of sp³-hybridized carbons (Fsp3) is 0.538. The second-order valence-corrected chi connectivity index (χ2v) is 4.41. The smallest absolute Gasteiger partial charge is 0.127 e. The Labute approximate surface area is 100 Å². The maximum atomic E-state index is 13.2. The van der Waals surface area contributed by atoms with Gasteiger partial charge >= 0.3 is 0 Å². The number of aliphatic hydroxyl groups is 1. The summed E-state index contributed by atoms with van der Waals surface area (Å²) in [6, 6.07) is 4.25. The van der Waals surface area contributed by atoms with Crippen LogP contribution in [-0.2, 0) is 11.3 Å². The van der Waals surface area contributed by atoms with Gasteiger partial charge in [-0.25, -0.2) is 4.39 Å². The molecule has 0 aromatic heterocycles. The van der Waals surface area contributed by atoms with Gasteiger partial charge in [-0.3, -0.25) is 0 Å². The molecule has 1 fully saturated rings. The third-order valence-electron chi connectivity index (χ3n) is 2.87. The Morgan fingerprint density at radius 2 is 2.24 bits per heavy atom. The fourth-order valence-corrected chi connectivity index (χ4v) is 1.99. The van der Waals surface area contributed by atoms with Gasteiger partial charge in [0.15, 0.2) is 0 Å². The Morgan fingerprint density at radius 1 is 1.41 bits per heavy atom. The van der Waals surface area contributed by atoms with E-state index < -0.39 is 5.82 Å². The topological polar surface area (TPSA) is 38.7 Å². The van der Waals surface area contributed by atoms with Gasteiger partial charge in [0.1, 0.15) is 18.2 Å². The molecular formula is C13H17FO3. The highest BCUT2D eigenvalue weighted by Gasteiger charge is 2.22. The molecule has 1 aromatic carbocycles. The van der Waals surface area contributed by atoms with Crippen LogP contribution in [0.4, 0.5) is 4.39 Å². The molecule has 1 N–H and O–H groups in total. The van der Waals surface area contributed by atoms with E-state index in [0.717, 1.165) is 12.8 Å². The summed E-state index contributed by atoms with van der Waals surface area (Å²) in [7, 11) is 0. The summed E-state index contributed by atoms with van der Waals surface area (Å²) in [5, 5.41) is 8.95. The van der Waals surface area contributed by atoms with Crippen LogP contribution in [0.25, 0.3) is 0 Å². The van der Waals surface area contributed by atoms with Gasteiger partial charge in [0, 0.05) is 6.07 Å². The summed E-state index contributed by atoms with van der Waals surface area (Å²) in [5.74, 6) is 0.0458. The SMILES string of the molecule is CC1CCC(COc2cc(F)cc(CO)c2)O1. The highest BCUT2D eigenvalue weighted by atomic mass is 19.1. The second kappa shape index (κ2) is 5.47. The van der Waals surface area contributed by atoms with Gasteiger partial charge in [-0.1, -0.05) is 0 Å². The number of benzene rings is 1. The van der Waals surface area contributed by atoms with Crippen LogP contribution < -0.4 is 4.74 Å². The van der Waals surface area contributed by atoms with Crippen molar-refractivity contribution >= 4 is 0 Å². The minimum Gasteiger partial charge on any atom is -0.491 e. The van der Waals surface area contributed by atoms with Crippen molar-refractivity contribution in [3.8, 4) is 5.75 Å². The Bertz CT molecular complexity index is 381. The van der Waals surface area contributed by atoms with Crippen LogP contribution in [0.15, 0.2) is 18.2 Å². The third-order valence-corrected chi connectivity index (χ3v) is 2.87. The van der Waals surface area contributed by atoms with Crippen molar-refractivity contribution < 1.29 is 19.0 Å². The van der Waals surface area contributed by atoms with Crippen molar-refractivity contribution in [1.29, 1.82) is 0 Å². The quantitative estimate of drug-likeness (QED) is 0.877. The van der Waals surface area contributed by atoms with Crippen molar-refractivity contribution in [2.75, 3.05) is 6.61 Å². The molecule has 17 heavy (non-hydrogen) atoms. The second-order valence-electron chi connectivity index (χ2n) is 4.41. The molecule has 0 radical (unpaired) electrons. The average Bonchev–Trinajstić information content (AvgIpc) is 2.72. The van der Waals surface area contributed by atoms with Crippen molar-refractivity contribution in [2.45, 2.75) is 38.6 Å². The number of hydrogen-bond acceptors (Lipinski definition) is 3. The molecular weight excluding hydrogens is 223 g/mol. The third kappa shape index (κ3) is 3.41. The minimum absolute atomic E-state index is 0.0887. The van der Waals surface area contributed by atoms with E-state index in [1.165, 1.54) is 12.1 Å². The standard InChI is InChI=1S/C13H17FO3/c1-9-2-3-12(17-9)8-16-13-5-10(7-15)4-11(14)6-13/h4-6,9,12,15H,2-3,7-8H2,1H3. The van der Waals surface area contributed by atoms with Gasteiger partial charge in [0.25, 0.3) is 0 Å². The lowest BCUT2D eigenvalue weighted by molar-refractivity contribution is 0.0263. The molecule has 2 unspecified atom stereocenters. The monoisotopic (exact) mass is 240 g/mol. The maximum absolute atomic E-state index is 13.2. The largest absolute Gasteiger partial charge is 0.491 e. The Kier molecular flexibility index (Phi) is 3.97. The summed E-state index contributed by atoms with van der Waals surface area (Å²) in [4.78, 5) is 0. The number of rotatable bonds is 4. The van der Waals surface area contributed by atoms with Crippen molar-refractivity contribution in [3.05, 3.63) is 29.6 Å². The number of halogens is 1. The highest BCUT2D eigenvalue weighted by Crippen LogP contribution is 2.21. The predicted octanol–water partition coefficient (Wildman–Crippen LogP) is 2.26. The molecule has 0 saturated carbocycles.